The Morgan fingerprint density at radius 1 is 1.06 bits per heavy atom. The van der Waals surface area contributed by atoms with E-state index in [2.05, 4.69) is 10.2 Å². The first-order valence-electron chi connectivity index (χ1n) is 7.30. The summed E-state index contributed by atoms with van der Waals surface area (Å²) in [5.74, 6) is 4.40. The molecule has 0 atom stereocenters. The summed E-state index contributed by atoms with van der Waals surface area (Å²) >= 11 is 0. The van der Waals surface area contributed by atoms with Gasteiger partial charge in [-0.25, -0.2) is 0 Å². The number of hydrogen-bond acceptors (Lipinski definition) is 4. The van der Waals surface area contributed by atoms with Crippen molar-refractivity contribution in [3.63, 3.8) is 0 Å². The first-order chi connectivity index (χ1) is 8.77. The minimum Gasteiger partial charge on any atom is -0.425 e. The maximum absolute atomic E-state index is 5.91. The number of aromatic nitrogens is 2. The zero-order chi connectivity index (χ0) is 12.2. The maximum atomic E-state index is 5.91. The molecule has 1 aromatic heterocycles. The van der Waals surface area contributed by atoms with E-state index in [1.807, 2.05) is 0 Å². The van der Waals surface area contributed by atoms with Crippen molar-refractivity contribution < 1.29 is 4.42 Å². The summed E-state index contributed by atoms with van der Waals surface area (Å²) < 4.78 is 5.91. The summed E-state index contributed by atoms with van der Waals surface area (Å²) in [5.41, 5.74) is 5.78. The first kappa shape index (κ1) is 11.0. The van der Waals surface area contributed by atoms with Gasteiger partial charge in [0.05, 0.1) is 0 Å². The average molecular weight is 247 g/mol. The highest BCUT2D eigenvalue weighted by Gasteiger charge is 2.54. The second kappa shape index (κ2) is 3.80. The third kappa shape index (κ3) is 1.54. The van der Waals surface area contributed by atoms with E-state index in [0.717, 1.165) is 29.5 Å². The Balaban J connectivity index is 1.66. The largest absolute Gasteiger partial charge is 0.425 e. The van der Waals surface area contributed by atoms with Crippen molar-refractivity contribution in [1.29, 1.82) is 0 Å². The quantitative estimate of drug-likeness (QED) is 0.887. The lowest BCUT2D eigenvalue weighted by Gasteiger charge is -2.55. The molecule has 4 fully saturated rings. The van der Waals surface area contributed by atoms with Crippen LogP contribution < -0.4 is 5.73 Å². The Bertz CT molecular complexity index is 418. The molecule has 0 spiro atoms. The molecule has 0 aliphatic heterocycles. The fourth-order valence-electron chi connectivity index (χ4n) is 5.07. The van der Waals surface area contributed by atoms with Crippen LogP contribution >= 0.6 is 0 Å². The molecule has 4 heteroatoms. The third-order valence-electron chi connectivity index (χ3n) is 5.32. The fourth-order valence-corrected chi connectivity index (χ4v) is 5.07. The van der Waals surface area contributed by atoms with Crippen LogP contribution in [0.15, 0.2) is 4.42 Å². The van der Waals surface area contributed by atoms with Crippen LogP contribution in [-0.4, -0.2) is 16.7 Å². The predicted molar refractivity (Wildman–Crippen MR) is 66.9 cm³/mol. The molecule has 2 N–H and O–H groups in total. The Kier molecular flexibility index (Phi) is 2.31. The lowest BCUT2D eigenvalue weighted by molar-refractivity contribution is -0.0182. The second-order valence-electron chi connectivity index (χ2n) is 6.74. The highest BCUT2D eigenvalue weighted by Crippen LogP contribution is 2.60. The van der Waals surface area contributed by atoms with Crippen molar-refractivity contribution in [2.45, 2.75) is 50.4 Å². The molecule has 0 amide bonds. The van der Waals surface area contributed by atoms with Crippen LogP contribution in [0.5, 0.6) is 0 Å². The Morgan fingerprint density at radius 3 is 2.22 bits per heavy atom. The lowest BCUT2D eigenvalue weighted by Crippen LogP contribution is -2.48. The van der Waals surface area contributed by atoms with Crippen LogP contribution in [0.2, 0.25) is 0 Å². The third-order valence-corrected chi connectivity index (χ3v) is 5.32. The predicted octanol–water partition coefficient (Wildman–Crippen LogP) is 2.04. The highest BCUT2D eigenvalue weighted by molar-refractivity contribution is 5.14. The lowest BCUT2D eigenvalue weighted by atomic mass is 9.49. The van der Waals surface area contributed by atoms with E-state index in [0.29, 0.717) is 13.0 Å². The van der Waals surface area contributed by atoms with Crippen molar-refractivity contribution >= 4 is 0 Å². The molecule has 1 aromatic rings. The number of rotatable bonds is 3. The van der Waals surface area contributed by atoms with Gasteiger partial charge in [-0.15, -0.1) is 10.2 Å². The molecular formula is C14H21N3O. The van der Waals surface area contributed by atoms with Crippen LogP contribution in [0.4, 0.5) is 0 Å². The Morgan fingerprint density at radius 2 is 1.67 bits per heavy atom. The van der Waals surface area contributed by atoms with E-state index >= 15 is 0 Å². The number of nitrogens with two attached hydrogens (primary N) is 1. The van der Waals surface area contributed by atoms with Gasteiger partial charge in [-0.05, 0) is 56.3 Å². The molecule has 0 saturated heterocycles. The molecule has 4 aliphatic rings. The minimum absolute atomic E-state index is 0.231. The fraction of sp³-hybridized carbons (Fsp3) is 0.857. The van der Waals surface area contributed by atoms with E-state index in [4.69, 9.17) is 10.2 Å². The monoisotopic (exact) mass is 247 g/mol. The van der Waals surface area contributed by atoms with Crippen molar-refractivity contribution in [3.05, 3.63) is 11.8 Å². The number of hydrogen-bond donors (Lipinski definition) is 1. The molecule has 0 radical (unpaired) electrons. The highest BCUT2D eigenvalue weighted by atomic mass is 16.4. The molecule has 1 heterocycles. The van der Waals surface area contributed by atoms with E-state index in [9.17, 15) is 0 Å². The van der Waals surface area contributed by atoms with Crippen LogP contribution in [-0.2, 0) is 11.8 Å². The second-order valence-corrected chi connectivity index (χ2v) is 6.74. The molecule has 98 valence electrons. The molecule has 4 aliphatic carbocycles. The molecule has 4 saturated carbocycles. The van der Waals surface area contributed by atoms with Gasteiger partial charge in [0.2, 0.25) is 11.8 Å². The van der Waals surface area contributed by atoms with Gasteiger partial charge in [0, 0.05) is 18.4 Å². The summed E-state index contributed by atoms with van der Waals surface area (Å²) in [6.45, 7) is 0.586. The van der Waals surface area contributed by atoms with Crippen LogP contribution in [0.25, 0.3) is 0 Å². The zero-order valence-electron chi connectivity index (χ0n) is 10.8. The Hall–Kier alpha value is -0.900. The van der Waals surface area contributed by atoms with E-state index in [-0.39, 0.29) is 5.41 Å². The van der Waals surface area contributed by atoms with Crippen molar-refractivity contribution in [2.75, 3.05) is 6.54 Å². The Labute approximate surface area is 107 Å². The van der Waals surface area contributed by atoms with Gasteiger partial charge < -0.3 is 10.2 Å². The topological polar surface area (TPSA) is 64.9 Å². The molecule has 18 heavy (non-hydrogen) atoms. The van der Waals surface area contributed by atoms with Crippen molar-refractivity contribution in [3.8, 4) is 0 Å². The summed E-state index contributed by atoms with van der Waals surface area (Å²) in [4.78, 5) is 0. The summed E-state index contributed by atoms with van der Waals surface area (Å²) in [7, 11) is 0. The molecule has 4 nitrogen and oxygen atoms in total. The normalized spacial score (nSPS) is 41.5. The average Bonchev–Trinajstić information content (AvgIpc) is 2.77. The van der Waals surface area contributed by atoms with Crippen LogP contribution in [0.3, 0.4) is 0 Å². The van der Waals surface area contributed by atoms with Gasteiger partial charge in [-0.2, -0.15) is 0 Å². The number of nitrogens with zero attached hydrogens (tertiary/aromatic N) is 2. The van der Waals surface area contributed by atoms with Gasteiger partial charge in [-0.1, -0.05) is 0 Å². The van der Waals surface area contributed by atoms with E-state index in [1.165, 1.54) is 38.5 Å². The summed E-state index contributed by atoms with van der Waals surface area (Å²) in [5, 5.41) is 8.52. The molecule has 0 unspecified atom stereocenters. The van der Waals surface area contributed by atoms with Crippen molar-refractivity contribution in [1.82, 2.24) is 10.2 Å². The van der Waals surface area contributed by atoms with Gasteiger partial charge in [0.15, 0.2) is 0 Å². The van der Waals surface area contributed by atoms with Crippen LogP contribution in [0, 0.1) is 17.8 Å². The molecule has 5 rings (SSSR count). The van der Waals surface area contributed by atoms with Gasteiger partial charge >= 0.3 is 0 Å². The smallest absolute Gasteiger partial charge is 0.222 e. The maximum Gasteiger partial charge on any atom is 0.222 e. The standard InChI is InChI=1S/C14H21N3O/c15-2-1-12-16-17-13(18-12)14-6-9-3-10(7-14)5-11(4-9)8-14/h9-11H,1-8,15H2. The zero-order valence-corrected chi connectivity index (χ0v) is 10.8. The summed E-state index contributed by atoms with van der Waals surface area (Å²) in [6, 6.07) is 0. The first-order valence-corrected chi connectivity index (χ1v) is 7.30. The summed E-state index contributed by atoms with van der Waals surface area (Å²) in [6.07, 6.45) is 8.89. The van der Waals surface area contributed by atoms with Gasteiger partial charge in [0.1, 0.15) is 0 Å². The molecular weight excluding hydrogens is 226 g/mol. The molecule has 4 bridgehead atoms. The van der Waals surface area contributed by atoms with E-state index < -0.39 is 0 Å². The molecule has 0 aromatic carbocycles. The van der Waals surface area contributed by atoms with Crippen molar-refractivity contribution in [2.24, 2.45) is 23.5 Å². The minimum atomic E-state index is 0.231. The van der Waals surface area contributed by atoms with Gasteiger partial charge in [0.25, 0.3) is 0 Å². The SMILES string of the molecule is NCCc1nnc(C23CC4CC(CC(C4)C2)C3)o1. The van der Waals surface area contributed by atoms with Gasteiger partial charge in [-0.3, -0.25) is 0 Å². The van der Waals surface area contributed by atoms with E-state index in [1.54, 1.807) is 0 Å². The van der Waals surface area contributed by atoms with Crippen LogP contribution in [0.1, 0.15) is 50.3 Å².